The van der Waals surface area contributed by atoms with Gasteiger partial charge in [0.05, 0.1) is 12.5 Å². The lowest BCUT2D eigenvalue weighted by molar-refractivity contribution is -0.154. The zero-order valence-electron chi connectivity index (χ0n) is 21.3. The monoisotopic (exact) mass is 509 g/mol. The zero-order chi connectivity index (χ0) is 26.8. The molecule has 1 fully saturated rings. The van der Waals surface area contributed by atoms with E-state index < -0.39 is 47.9 Å². The van der Waals surface area contributed by atoms with E-state index in [1.165, 1.54) is 6.92 Å². The second-order valence-electron chi connectivity index (χ2n) is 9.28. The van der Waals surface area contributed by atoms with Crippen LogP contribution in [-0.2, 0) is 36.8 Å². The van der Waals surface area contributed by atoms with Crippen LogP contribution < -0.4 is 10.6 Å². The molecule has 1 aliphatic heterocycles. The average Bonchev–Trinajstić information content (AvgIpc) is 2.91. The number of hydrogen-bond acceptors (Lipinski definition) is 6. The second kappa shape index (κ2) is 13.7. The summed E-state index contributed by atoms with van der Waals surface area (Å²) in [6.07, 6.45) is -0.289. The number of amides is 4. The van der Waals surface area contributed by atoms with E-state index >= 15 is 0 Å². The number of rotatable bonds is 10. The van der Waals surface area contributed by atoms with Crippen molar-refractivity contribution in [3.63, 3.8) is 0 Å². The number of ether oxygens (including phenoxy) is 1. The number of nitrogens with zero attached hydrogens (tertiary/aromatic N) is 1. The number of carbonyl (C=O) groups is 4. The van der Waals surface area contributed by atoms with Crippen LogP contribution in [0, 0.1) is 0 Å². The predicted molar refractivity (Wildman–Crippen MR) is 137 cm³/mol. The molecule has 4 amide bonds. The second-order valence-corrected chi connectivity index (χ2v) is 9.28. The lowest BCUT2D eigenvalue weighted by Gasteiger charge is -2.32. The average molecular weight is 510 g/mol. The smallest absolute Gasteiger partial charge is 0.252 e. The number of aliphatic hydroxyl groups is 1. The van der Waals surface area contributed by atoms with E-state index in [0.717, 1.165) is 16.0 Å². The summed E-state index contributed by atoms with van der Waals surface area (Å²) in [6, 6.07) is 15.0. The summed E-state index contributed by atoms with van der Waals surface area (Å²) in [5.41, 5.74) is 1.54. The SMILES string of the molecule is COCCC[C@@H](O)CC(=O)N1C(=O)[C@@H](Cc2ccccc2)NC(=O)[C@@H](C)NC(=O)[C@H]1Cc1ccccc1. The molecule has 0 unspecified atom stereocenters. The molecule has 9 nitrogen and oxygen atoms in total. The summed E-state index contributed by atoms with van der Waals surface area (Å²) in [5.74, 6) is -2.48. The Labute approximate surface area is 217 Å². The van der Waals surface area contributed by atoms with E-state index in [1.807, 2.05) is 48.5 Å². The van der Waals surface area contributed by atoms with E-state index in [9.17, 15) is 24.3 Å². The molecule has 2 aromatic rings. The number of benzene rings is 2. The summed E-state index contributed by atoms with van der Waals surface area (Å²) in [5, 5.41) is 15.9. The fourth-order valence-electron chi connectivity index (χ4n) is 4.34. The molecular weight excluding hydrogens is 474 g/mol. The van der Waals surface area contributed by atoms with E-state index in [4.69, 9.17) is 4.74 Å². The maximum absolute atomic E-state index is 13.9. The summed E-state index contributed by atoms with van der Waals surface area (Å²) < 4.78 is 5.01. The van der Waals surface area contributed by atoms with Gasteiger partial charge in [-0.3, -0.25) is 24.1 Å². The Bertz CT molecular complexity index is 1060. The topological polar surface area (TPSA) is 125 Å². The van der Waals surface area contributed by atoms with E-state index in [0.29, 0.717) is 19.4 Å². The first kappa shape index (κ1) is 28.0. The van der Waals surface area contributed by atoms with Crippen molar-refractivity contribution in [2.45, 2.75) is 63.3 Å². The van der Waals surface area contributed by atoms with Gasteiger partial charge in [0, 0.05) is 26.6 Å². The van der Waals surface area contributed by atoms with Crippen LogP contribution in [0.15, 0.2) is 60.7 Å². The molecule has 37 heavy (non-hydrogen) atoms. The third-order valence-electron chi connectivity index (χ3n) is 6.34. The normalized spacial score (nSPS) is 21.3. The molecule has 9 heteroatoms. The molecular formula is C28H35N3O6. The minimum atomic E-state index is -1.19. The van der Waals surface area contributed by atoms with Crippen molar-refractivity contribution < 1.29 is 29.0 Å². The molecule has 1 saturated heterocycles. The summed E-state index contributed by atoms with van der Waals surface area (Å²) in [6.45, 7) is 1.96. The fraction of sp³-hybridized carbons (Fsp3) is 0.429. The minimum Gasteiger partial charge on any atom is -0.393 e. The standard InChI is InChI=1S/C28H35N3O6/c1-19-26(34)30-23(16-20-10-5-3-6-11-20)28(36)31(25(33)18-22(32)14-9-15-37-2)24(27(35)29-19)17-21-12-7-4-8-13-21/h3-8,10-13,19,22-24,32H,9,14-18H2,1-2H3,(H,29,35)(H,30,34)/t19-,22-,23-,24-/m1/s1. The van der Waals surface area contributed by atoms with Gasteiger partial charge >= 0.3 is 0 Å². The molecule has 0 aliphatic carbocycles. The first-order valence-electron chi connectivity index (χ1n) is 12.5. The fourth-order valence-corrected chi connectivity index (χ4v) is 4.34. The molecule has 0 radical (unpaired) electrons. The van der Waals surface area contributed by atoms with Gasteiger partial charge in [-0.2, -0.15) is 0 Å². The van der Waals surface area contributed by atoms with Gasteiger partial charge in [-0.05, 0) is 30.9 Å². The Morgan fingerprint density at radius 2 is 1.54 bits per heavy atom. The van der Waals surface area contributed by atoms with Crippen molar-refractivity contribution in [1.82, 2.24) is 15.5 Å². The Morgan fingerprint density at radius 3 is 2.14 bits per heavy atom. The summed E-state index contributed by atoms with van der Waals surface area (Å²) >= 11 is 0. The number of carbonyl (C=O) groups excluding carboxylic acids is 4. The van der Waals surface area contributed by atoms with Crippen LogP contribution in [0.5, 0.6) is 0 Å². The summed E-state index contributed by atoms with van der Waals surface area (Å²) in [7, 11) is 1.55. The molecule has 0 bridgehead atoms. The van der Waals surface area contributed by atoms with E-state index in [2.05, 4.69) is 10.6 Å². The van der Waals surface area contributed by atoms with Gasteiger partial charge in [0.25, 0.3) is 5.91 Å². The first-order chi connectivity index (χ1) is 17.8. The van der Waals surface area contributed by atoms with Crippen LogP contribution >= 0.6 is 0 Å². The van der Waals surface area contributed by atoms with Crippen molar-refractivity contribution in [2.24, 2.45) is 0 Å². The lowest BCUT2D eigenvalue weighted by Crippen LogP contribution is -2.57. The molecule has 1 heterocycles. The molecule has 1 aliphatic rings. The Hall–Kier alpha value is -3.56. The quantitative estimate of drug-likeness (QED) is 0.416. The molecule has 3 rings (SSSR count). The molecule has 2 aromatic carbocycles. The maximum atomic E-state index is 13.9. The Balaban J connectivity index is 1.98. The number of nitrogens with one attached hydrogen (secondary N) is 2. The van der Waals surface area contributed by atoms with Crippen LogP contribution in [0.1, 0.15) is 37.3 Å². The minimum absolute atomic E-state index is 0.0723. The van der Waals surface area contributed by atoms with Crippen LogP contribution in [0.2, 0.25) is 0 Å². The van der Waals surface area contributed by atoms with Crippen molar-refractivity contribution in [1.29, 1.82) is 0 Å². The van der Waals surface area contributed by atoms with Crippen molar-refractivity contribution in [3.05, 3.63) is 71.8 Å². The van der Waals surface area contributed by atoms with Crippen LogP contribution in [-0.4, -0.2) is 71.6 Å². The molecule has 3 N–H and O–H groups in total. The molecule has 4 atom stereocenters. The predicted octanol–water partition coefficient (Wildman–Crippen LogP) is 1.38. The van der Waals surface area contributed by atoms with Gasteiger partial charge < -0.3 is 20.5 Å². The van der Waals surface area contributed by atoms with Gasteiger partial charge in [0.1, 0.15) is 18.1 Å². The Morgan fingerprint density at radius 1 is 0.946 bits per heavy atom. The third-order valence-corrected chi connectivity index (χ3v) is 6.34. The van der Waals surface area contributed by atoms with Gasteiger partial charge in [-0.25, -0.2) is 0 Å². The van der Waals surface area contributed by atoms with Crippen molar-refractivity contribution in [3.8, 4) is 0 Å². The van der Waals surface area contributed by atoms with Crippen molar-refractivity contribution in [2.75, 3.05) is 13.7 Å². The highest BCUT2D eigenvalue weighted by Gasteiger charge is 2.41. The number of hydrogen-bond donors (Lipinski definition) is 3. The highest BCUT2D eigenvalue weighted by Crippen LogP contribution is 2.18. The Kier molecular flexibility index (Phi) is 10.3. The summed E-state index contributed by atoms with van der Waals surface area (Å²) in [4.78, 5) is 54.7. The molecule has 198 valence electrons. The van der Waals surface area contributed by atoms with E-state index in [1.54, 1.807) is 19.2 Å². The van der Waals surface area contributed by atoms with Crippen LogP contribution in [0.25, 0.3) is 0 Å². The van der Waals surface area contributed by atoms with Crippen molar-refractivity contribution >= 4 is 23.6 Å². The number of imide groups is 1. The van der Waals surface area contributed by atoms with E-state index in [-0.39, 0.29) is 19.3 Å². The van der Waals surface area contributed by atoms with Gasteiger partial charge in [0.2, 0.25) is 17.7 Å². The van der Waals surface area contributed by atoms with Gasteiger partial charge in [0.15, 0.2) is 0 Å². The maximum Gasteiger partial charge on any atom is 0.252 e. The van der Waals surface area contributed by atoms with Crippen LogP contribution in [0.3, 0.4) is 0 Å². The zero-order valence-corrected chi connectivity index (χ0v) is 21.3. The third kappa shape index (κ3) is 7.96. The highest BCUT2D eigenvalue weighted by molar-refractivity contribution is 6.05. The van der Waals surface area contributed by atoms with Gasteiger partial charge in [-0.15, -0.1) is 0 Å². The lowest BCUT2D eigenvalue weighted by atomic mass is 9.99. The van der Waals surface area contributed by atoms with Gasteiger partial charge in [-0.1, -0.05) is 60.7 Å². The number of methoxy groups -OCH3 is 1. The largest absolute Gasteiger partial charge is 0.393 e. The molecule has 0 saturated carbocycles. The highest BCUT2D eigenvalue weighted by atomic mass is 16.5. The molecule has 0 spiro atoms. The number of aliphatic hydroxyl groups excluding tert-OH is 1. The first-order valence-corrected chi connectivity index (χ1v) is 12.5. The molecule has 0 aromatic heterocycles. The van der Waals surface area contributed by atoms with Crippen LogP contribution in [0.4, 0.5) is 0 Å².